The fourth-order valence-electron chi connectivity index (χ4n) is 3.40. The summed E-state index contributed by atoms with van der Waals surface area (Å²) in [7, 11) is -2.32. The van der Waals surface area contributed by atoms with Crippen molar-refractivity contribution in [2.45, 2.75) is 44.0 Å². The first kappa shape index (κ1) is 21.2. The fourth-order valence-corrected chi connectivity index (χ4v) is 4.88. The maximum Gasteiger partial charge on any atom is 0.305 e. The highest BCUT2D eigenvalue weighted by Gasteiger charge is 2.33. The van der Waals surface area contributed by atoms with Gasteiger partial charge in [-0.3, -0.25) is 9.59 Å². The minimum Gasteiger partial charge on any atom is -0.496 e. The van der Waals surface area contributed by atoms with Crippen molar-refractivity contribution >= 4 is 21.9 Å². The summed E-state index contributed by atoms with van der Waals surface area (Å²) in [6, 6.07) is 3.81. The normalized spacial score (nSPS) is 17.3. The summed E-state index contributed by atoms with van der Waals surface area (Å²) in [5.41, 5.74) is 0.128. The first-order valence-electron chi connectivity index (χ1n) is 8.97. The van der Waals surface area contributed by atoms with Crippen LogP contribution in [0.1, 0.15) is 43.5 Å². The molecule has 1 amide bonds. The predicted molar refractivity (Wildman–Crippen MR) is 99.4 cm³/mol. The highest BCUT2D eigenvalue weighted by atomic mass is 32.2. The van der Waals surface area contributed by atoms with Crippen LogP contribution in [-0.4, -0.2) is 67.4 Å². The van der Waals surface area contributed by atoms with Crippen molar-refractivity contribution in [3.63, 3.8) is 0 Å². The summed E-state index contributed by atoms with van der Waals surface area (Å²) in [6.45, 7) is 4.57. The van der Waals surface area contributed by atoms with Gasteiger partial charge in [-0.05, 0) is 31.0 Å². The molecule has 0 radical (unpaired) electrons. The number of rotatable bonds is 8. The highest BCUT2D eigenvalue weighted by Crippen LogP contribution is 2.29. The van der Waals surface area contributed by atoms with Crippen molar-refractivity contribution in [2.24, 2.45) is 0 Å². The zero-order chi connectivity index (χ0) is 20.2. The smallest absolute Gasteiger partial charge is 0.305 e. The number of ether oxygens (including phenoxy) is 1. The van der Waals surface area contributed by atoms with Crippen LogP contribution >= 0.6 is 0 Å². The van der Waals surface area contributed by atoms with E-state index in [9.17, 15) is 18.0 Å². The first-order valence-corrected chi connectivity index (χ1v) is 10.4. The number of carbonyl (C=O) groups excluding carboxylic acids is 1. The molecule has 1 fully saturated rings. The number of carboxylic acids is 1. The van der Waals surface area contributed by atoms with Gasteiger partial charge in [-0.15, -0.1) is 0 Å². The molecule has 1 N–H and O–H groups in total. The van der Waals surface area contributed by atoms with Crippen LogP contribution in [0.3, 0.4) is 0 Å². The lowest BCUT2D eigenvalue weighted by molar-refractivity contribution is -0.137. The second kappa shape index (κ2) is 8.71. The minimum absolute atomic E-state index is 0.0179. The van der Waals surface area contributed by atoms with Crippen molar-refractivity contribution in [1.29, 1.82) is 0 Å². The number of benzene rings is 1. The molecular formula is C18H26N2O6S. The van der Waals surface area contributed by atoms with E-state index in [0.717, 1.165) is 0 Å². The third-order valence-corrected chi connectivity index (χ3v) is 6.84. The molecule has 0 spiro atoms. The minimum atomic E-state index is -3.73. The Morgan fingerprint density at radius 3 is 2.52 bits per heavy atom. The van der Waals surface area contributed by atoms with Crippen molar-refractivity contribution in [2.75, 3.05) is 26.7 Å². The zero-order valence-electron chi connectivity index (χ0n) is 15.8. The van der Waals surface area contributed by atoms with Gasteiger partial charge in [0.25, 0.3) is 5.91 Å². The van der Waals surface area contributed by atoms with Crippen LogP contribution in [0.25, 0.3) is 0 Å². The van der Waals surface area contributed by atoms with Crippen LogP contribution in [0, 0.1) is 0 Å². The van der Waals surface area contributed by atoms with E-state index in [0.29, 0.717) is 32.5 Å². The topological polar surface area (TPSA) is 104 Å². The number of carbonyl (C=O) groups is 2. The standard InChI is InChI=1S/C18H26N2O6S/c1-4-19(5-2)27(24,25)14-8-9-16(26-3)15(12-14)18(23)20-10-6-7-13(20)11-17(21)22/h8-9,12-13H,4-7,10-11H2,1-3H3,(H,21,22). The second-order valence-electron chi connectivity index (χ2n) is 6.34. The number of amides is 1. The fraction of sp³-hybridized carbons (Fsp3) is 0.556. The maximum absolute atomic E-state index is 13.1. The Kier molecular flexibility index (Phi) is 6.83. The molecule has 27 heavy (non-hydrogen) atoms. The molecule has 8 nitrogen and oxygen atoms in total. The monoisotopic (exact) mass is 398 g/mol. The SMILES string of the molecule is CCN(CC)S(=O)(=O)c1ccc(OC)c(C(=O)N2CCCC2CC(=O)O)c1. The van der Waals surface area contributed by atoms with E-state index < -0.39 is 27.9 Å². The van der Waals surface area contributed by atoms with Gasteiger partial charge in [0.2, 0.25) is 10.0 Å². The Hall–Kier alpha value is -2.13. The third-order valence-electron chi connectivity index (χ3n) is 4.79. The lowest BCUT2D eigenvalue weighted by Gasteiger charge is -2.25. The molecule has 1 aliphatic heterocycles. The molecule has 0 bridgehead atoms. The van der Waals surface area contributed by atoms with E-state index in [1.165, 1.54) is 34.5 Å². The average Bonchev–Trinajstić information content (AvgIpc) is 3.08. The number of likely N-dealkylation sites (tertiary alicyclic amines) is 1. The van der Waals surface area contributed by atoms with Crippen molar-refractivity contribution < 1.29 is 27.9 Å². The number of methoxy groups -OCH3 is 1. The van der Waals surface area contributed by atoms with Crippen molar-refractivity contribution in [3.8, 4) is 5.75 Å². The highest BCUT2D eigenvalue weighted by molar-refractivity contribution is 7.89. The Morgan fingerprint density at radius 2 is 1.96 bits per heavy atom. The number of nitrogens with zero attached hydrogens (tertiary/aromatic N) is 2. The van der Waals surface area contributed by atoms with Gasteiger partial charge in [-0.1, -0.05) is 13.8 Å². The van der Waals surface area contributed by atoms with Crippen LogP contribution in [0.4, 0.5) is 0 Å². The van der Waals surface area contributed by atoms with Gasteiger partial charge in [0.15, 0.2) is 0 Å². The number of hydrogen-bond acceptors (Lipinski definition) is 5. The molecule has 1 aromatic rings. The molecule has 150 valence electrons. The maximum atomic E-state index is 13.1. The second-order valence-corrected chi connectivity index (χ2v) is 8.28. The average molecular weight is 398 g/mol. The van der Waals surface area contributed by atoms with Crippen molar-refractivity contribution in [3.05, 3.63) is 23.8 Å². The number of carboxylic acid groups (broad SMARTS) is 1. The Morgan fingerprint density at radius 1 is 1.30 bits per heavy atom. The number of hydrogen-bond donors (Lipinski definition) is 1. The van der Waals surface area contributed by atoms with E-state index >= 15 is 0 Å². The number of sulfonamides is 1. The van der Waals surface area contributed by atoms with Crippen LogP contribution in [-0.2, 0) is 14.8 Å². The summed E-state index contributed by atoms with van der Waals surface area (Å²) in [5.74, 6) is -1.11. The molecule has 1 aromatic carbocycles. The van der Waals surface area contributed by atoms with E-state index in [-0.39, 0.29) is 22.6 Å². The first-order chi connectivity index (χ1) is 12.8. The largest absolute Gasteiger partial charge is 0.496 e. The van der Waals surface area contributed by atoms with Gasteiger partial charge in [-0.25, -0.2) is 8.42 Å². The summed E-state index contributed by atoms with van der Waals surface area (Å²) in [5, 5.41) is 9.06. The summed E-state index contributed by atoms with van der Waals surface area (Å²) >= 11 is 0. The van der Waals surface area contributed by atoms with E-state index in [4.69, 9.17) is 9.84 Å². The van der Waals surface area contributed by atoms with Gasteiger partial charge in [-0.2, -0.15) is 4.31 Å². The van der Waals surface area contributed by atoms with Gasteiger partial charge >= 0.3 is 5.97 Å². The molecule has 2 rings (SSSR count). The van der Waals surface area contributed by atoms with Gasteiger partial charge in [0.05, 0.1) is 24.0 Å². The molecule has 0 saturated carbocycles. The molecule has 1 saturated heterocycles. The third kappa shape index (κ3) is 4.41. The van der Waals surface area contributed by atoms with Crippen LogP contribution in [0.5, 0.6) is 5.75 Å². The molecule has 0 aromatic heterocycles. The van der Waals surface area contributed by atoms with Gasteiger partial charge < -0.3 is 14.7 Å². The Bertz CT molecular complexity index is 804. The Balaban J connectivity index is 2.43. The van der Waals surface area contributed by atoms with Gasteiger partial charge in [0.1, 0.15) is 5.75 Å². The molecule has 0 aliphatic carbocycles. The van der Waals surface area contributed by atoms with E-state index in [1.807, 2.05) is 0 Å². The lowest BCUT2D eigenvalue weighted by atomic mass is 10.1. The lowest BCUT2D eigenvalue weighted by Crippen LogP contribution is -2.37. The van der Waals surface area contributed by atoms with Crippen LogP contribution in [0.2, 0.25) is 0 Å². The molecule has 1 atom stereocenters. The van der Waals surface area contributed by atoms with Crippen LogP contribution in [0.15, 0.2) is 23.1 Å². The zero-order valence-corrected chi connectivity index (χ0v) is 16.7. The molecule has 1 aliphatic rings. The van der Waals surface area contributed by atoms with Gasteiger partial charge in [0, 0.05) is 25.7 Å². The van der Waals surface area contributed by atoms with E-state index in [1.54, 1.807) is 13.8 Å². The van der Waals surface area contributed by atoms with Crippen LogP contribution < -0.4 is 4.74 Å². The molecular weight excluding hydrogens is 372 g/mol. The quantitative estimate of drug-likeness (QED) is 0.716. The molecule has 1 unspecified atom stereocenters. The molecule has 1 heterocycles. The summed E-state index contributed by atoms with van der Waals surface area (Å²) < 4.78 is 32.1. The summed E-state index contributed by atoms with van der Waals surface area (Å²) in [4.78, 5) is 25.6. The molecule has 9 heteroatoms. The van der Waals surface area contributed by atoms with E-state index in [2.05, 4.69) is 0 Å². The Labute approximate surface area is 159 Å². The number of aliphatic carboxylic acids is 1. The predicted octanol–water partition coefficient (Wildman–Crippen LogP) is 1.80. The summed E-state index contributed by atoms with van der Waals surface area (Å²) in [6.07, 6.45) is 1.19. The van der Waals surface area contributed by atoms with Crippen molar-refractivity contribution in [1.82, 2.24) is 9.21 Å².